The zero-order valence-electron chi connectivity index (χ0n) is 3.22. The maximum atomic E-state index is 2.00. The van der Waals surface area contributed by atoms with Crippen LogP contribution in [0, 0.1) is 0 Å². The van der Waals surface area contributed by atoms with E-state index in [4.69, 9.17) is 0 Å². The Hall–Kier alpha value is -0.144. The predicted molar refractivity (Wildman–Crippen MR) is 22.0 cm³/mol. The minimum Gasteiger partial charge on any atom is -0.214 e. The van der Waals surface area contributed by atoms with Crippen molar-refractivity contribution in [3.8, 4) is 0 Å². The molecule has 1 aromatic carbocycles. The van der Waals surface area contributed by atoms with Gasteiger partial charge in [-0.05, 0) is 0 Å². The van der Waals surface area contributed by atoms with Crippen LogP contribution in [0.3, 0.4) is 0 Å². The minimum atomic E-state index is 0. The van der Waals surface area contributed by atoms with Gasteiger partial charge in [0.15, 0.2) is 0 Å². The molecule has 0 unspecified atom stereocenters. The summed E-state index contributed by atoms with van der Waals surface area (Å²) < 4.78 is 0. The molecule has 0 fully saturated rings. The first kappa shape index (κ1) is 5.86. The summed E-state index contributed by atoms with van der Waals surface area (Å²) in [5, 5.41) is 0. The molecular weight excluding hydrogens is 119 g/mol. The van der Waals surface area contributed by atoms with Crippen LogP contribution in [0.2, 0.25) is 0 Å². The molecule has 0 aromatic heterocycles. The zero-order valence-corrected chi connectivity index (χ0v) is 4.26. The van der Waals surface area contributed by atoms with Crippen molar-refractivity contribution >= 4 is 0 Å². The van der Waals surface area contributed by atoms with Gasteiger partial charge in [-0.25, -0.2) is 12.1 Å². The Morgan fingerprint density at radius 2 is 1.50 bits per heavy atom. The quantitative estimate of drug-likeness (QED) is 0.458. The van der Waals surface area contributed by atoms with Crippen LogP contribution >= 0.6 is 0 Å². The molecule has 0 spiro atoms. The van der Waals surface area contributed by atoms with Crippen LogP contribution in [0.15, 0.2) is 30.3 Å². The van der Waals surface area contributed by atoms with Crippen molar-refractivity contribution < 1.29 is 16.8 Å². The predicted octanol–water partition coefficient (Wildman–Crippen LogP) is 1.40. The van der Waals surface area contributed by atoms with Gasteiger partial charge >= 0.3 is 0 Å². The molecule has 0 aliphatic rings. The van der Waals surface area contributed by atoms with Crippen molar-refractivity contribution in [3.05, 3.63) is 30.3 Å². The molecule has 6 heavy (non-hydrogen) atoms. The smallest absolute Gasteiger partial charge is 0 e. The van der Waals surface area contributed by atoms with Gasteiger partial charge in [-0.2, -0.15) is 18.2 Å². The first-order valence-corrected chi connectivity index (χ1v) is 1.67. The summed E-state index contributed by atoms with van der Waals surface area (Å²) in [7, 11) is 0. The van der Waals surface area contributed by atoms with E-state index >= 15 is 0 Å². The standard InChI is InChI=1S/C5H5.Co/c1-2-4-5-3-1;/h1-5H;/q-1;. The van der Waals surface area contributed by atoms with E-state index in [1.165, 1.54) is 0 Å². The molecule has 0 atom stereocenters. The van der Waals surface area contributed by atoms with Crippen molar-refractivity contribution in [3.63, 3.8) is 0 Å². The van der Waals surface area contributed by atoms with E-state index in [-0.39, 0.29) is 16.8 Å². The van der Waals surface area contributed by atoms with Gasteiger partial charge in [0.05, 0.1) is 0 Å². The van der Waals surface area contributed by atoms with Crippen LogP contribution in [0.25, 0.3) is 0 Å². The molecule has 1 rings (SSSR count). The molecule has 0 saturated carbocycles. The van der Waals surface area contributed by atoms with E-state index in [1.807, 2.05) is 30.3 Å². The topological polar surface area (TPSA) is 0 Å². The van der Waals surface area contributed by atoms with Crippen LogP contribution in [-0.2, 0) is 16.8 Å². The van der Waals surface area contributed by atoms with Crippen LogP contribution in [-0.4, -0.2) is 0 Å². The maximum Gasteiger partial charge on any atom is 0 e. The van der Waals surface area contributed by atoms with Crippen LogP contribution in [0.5, 0.6) is 0 Å². The van der Waals surface area contributed by atoms with Gasteiger partial charge in [0.25, 0.3) is 0 Å². The summed E-state index contributed by atoms with van der Waals surface area (Å²) in [6.07, 6.45) is 0. The van der Waals surface area contributed by atoms with Crippen molar-refractivity contribution in [1.82, 2.24) is 0 Å². The summed E-state index contributed by atoms with van der Waals surface area (Å²) in [6.45, 7) is 0. The van der Waals surface area contributed by atoms with Gasteiger partial charge in [-0.15, -0.1) is 0 Å². The van der Waals surface area contributed by atoms with Crippen molar-refractivity contribution in [2.24, 2.45) is 0 Å². The fraction of sp³-hybridized carbons (Fsp3) is 0. The van der Waals surface area contributed by atoms with E-state index in [1.54, 1.807) is 0 Å². The second kappa shape index (κ2) is 3.06. The Morgan fingerprint density at radius 1 is 1.00 bits per heavy atom. The molecule has 0 N–H and O–H groups in total. The Balaban J connectivity index is 0.000000250. The Bertz CT molecular complexity index is 60.4. The summed E-state index contributed by atoms with van der Waals surface area (Å²) in [5.41, 5.74) is 0. The molecule has 1 radical (unpaired) electrons. The minimum absolute atomic E-state index is 0. The summed E-state index contributed by atoms with van der Waals surface area (Å²) >= 11 is 0. The molecule has 1 heteroatoms. The van der Waals surface area contributed by atoms with Crippen LogP contribution in [0.1, 0.15) is 0 Å². The van der Waals surface area contributed by atoms with Crippen molar-refractivity contribution in [2.45, 2.75) is 0 Å². The van der Waals surface area contributed by atoms with Gasteiger partial charge in [-0.1, -0.05) is 0 Å². The van der Waals surface area contributed by atoms with E-state index in [0.29, 0.717) is 0 Å². The second-order valence-corrected chi connectivity index (χ2v) is 0.962. The first-order chi connectivity index (χ1) is 2.50. The molecule has 0 saturated heterocycles. The monoisotopic (exact) mass is 124 g/mol. The number of hydrogen-bond donors (Lipinski definition) is 0. The molecule has 35 valence electrons. The summed E-state index contributed by atoms with van der Waals surface area (Å²) in [4.78, 5) is 0. The Kier molecular flexibility index (Phi) is 2.99. The third kappa shape index (κ3) is 1.33. The van der Waals surface area contributed by atoms with E-state index in [9.17, 15) is 0 Å². The molecule has 0 aliphatic heterocycles. The van der Waals surface area contributed by atoms with Gasteiger partial charge in [0.2, 0.25) is 0 Å². The van der Waals surface area contributed by atoms with Gasteiger partial charge in [0, 0.05) is 16.8 Å². The van der Waals surface area contributed by atoms with E-state index in [0.717, 1.165) is 0 Å². The third-order valence-electron chi connectivity index (χ3n) is 0.556. The molecule has 0 bridgehead atoms. The average molecular weight is 124 g/mol. The van der Waals surface area contributed by atoms with Gasteiger partial charge < -0.3 is 0 Å². The summed E-state index contributed by atoms with van der Waals surface area (Å²) in [6, 6.07) is 10.0. The maximum absolute atomic E-state index is 2.00. The number of rotatable bonds is 0. The zero-order chi connectivity index (χ0) is 3.54. The van der Waals surface area contributed by atoms with Crippen molar-refractivity contribution in [2.75, 3.05) is 0 Å². The van der Waals surface area contributed by atoms with Crippen molar-refractivity contribution in [1.29, 1.82) is 0 Å². The van der Waals surface area contributed by atoms with E-state index < -0.39 is 0 Å². The SMILES string of the molecule is [Co].c1cc[cH-]c1. The molecule has 0 nitrogen and oxygen atoms in total. The molecule has 0 amide bonds. The first-order valence-electron chi connectivity index (χ1n) is 1.67. The normalized spacial score (nSPS) is 6.67. The second-order valence-electron chi connectivity index (χ2n) is 0.962. The van der Waals surface area contributed by atoms with Gasteiger partial charge in [-0.3, -0.25) is 0 Å². The van der Waals surface area contributed by atoms with Crippen LogP contribution in [0.4, 0.5) is 0 Å². The molecule has 1 aromatic rings. The molecule has 0 aliphatic carbocycles. The molecule has 0 heterocycles. The summed E-state index contributed by atoms with van der Waals surface area (Å²) in [5.74, 6) is 0. The molecular formula is C5H5Co-. The fourth-order valence-corrected chi connectivity index (χ4v) is 0.321. The Morgan fingerprint density at radius 3 is 1.67 bits per heavy atom. The third-order valence-corrected chi connectivity index (χ3v) is 0.556. The van der Waals surface area contributed by atoms with E-state index in [2.05, 4.69) is 0 Å². The fourth-order valence-electron chi connectivity index (χ4n) is 0.321. The average Bonchev–Trinajstić information content (AvgIpc) is 1.76. The Labute approximate surface area is 47.7 Å². The number of hydrogen-bond acceptors (Lipinski definition) is 0. The van der Waals surface area contributed by atoms with Crippen LogP contribution < -0.4 is 0 Å². The van der Waals surface area contributed by atoms with Gasteiger partial charge in [0.1, 0.15) is 0 Å². The largest absolute Gasteiger partial charge is 0.214 e.